The van der Waals surface area contributed by atoms with E-state index in [4.69, 9.17) is 5.73 Å². The fourth-order valence-corrected chi connectivity index (χ4v) is 6.12. The highest BCUT2D eigenvalue weighted by atomic mass is 16.2. The molecule has 0 unspecified atom stereocenters. The van der Waals surface area contributed by atoms with Crippen molar-refractivity contribution in [3.63, 3.8) is 0 Å². The molecule has 0 radical (unpaired) electrons. The fourth-order valence-electron chi connectivity index (χ4n) is 6.12. The summed E-state index contributed by atoms with van der Waals surface area (Å²) in [5.74, 6) is 2.27. The van der Waals surface area contributed by atoms with Gasteiger partial charge in [0.1, 0.15) is 6.54 Å². The van der Waals surface area contributed by atoms with Gasteiger partial charge in [-0.15, -0.1) is 0 Å². The van der Waals surface area contributed by atoms with Gasteiger partial charge in [-0.2, -0.15) is 5.26 Å². The Balaban J connectivity index is 1.52. The van der Waals surface area contributed by atoms with Crippen LogP contribution in [0.1, 0.15) is 44.1 Å². The zero-order valence-electron chi connectivity index (χ0n) is 14.7. The lowest BCUT2D eigenvalue weighted by Crippen LogP contribution is -2.60. The normalized spacial score (nSPS) is 33.7. The highest BCUT2D eigenvalue weighted by Gasteiger charge is 2.55. The quantitative estimate of drug-likeness (QED) is 0.839. The number of benzene rings is 1. The summed E-state index contributed by atoms with van der Waals surface area (Å²) < 4.78 is 0. The zero-order chi connectivity index (χ0) is 17.4. The number of hydrogen-bond donors (Lipinski definition) is 1. The van der Waals surface area contributed by atoms with Crippen LogP contribution in [0.15, 0.2) is 30.3 Å². The van der Waals surface area contributed by atoms with Crippen LogP contribution in [-0.2, 0) is 11.3 Å². The number of hydrogen-bond acceptors (Lipinski definition) is 3. The minimum Gasteiger partial charge on any atom is -0.324 e. The van der Waals surface area contributed by atoms with Crippen molar-refractivity contribution in [1.29, 1.82) is 5.26 Å². The second-order valence-electron chi connectivity index (χ2n) is 8.60. The maximum absolute atomic E-state index is 13.2. The van der Waals surface area contributed by atoms with Gasteiger partial charge in [-0.05, 0) is 67.3 Å². The second-order valence-corrected chi connectivity index (χ2v) is 8.60. The Hall–Kier alpha value is -1.86. The first-order valence-corrected chi connectivity index (χ1v) is 9.55. The number of carbonyl (C=O) groups excluding carboxylic acids is 1. The minimum atomic E-state index is -0.460. The molecule has 1 amide bonds. The Morgan fingerprint density at radius 1 is 1.16 bits per heavy atom. The molecule has 4 fully saturated rings. The molecule has 0 aromatic heterocycles. The molecule has 5 rings (SSSR count). The molecule has 0 saturated heterocycles. The molecule has 132 valence electrons. The second kappa shape index (κ2) is 6.46. The Bertz CT molecular complexity index is 643. The average molecular weight is 337 g/mol. The van der Waals surface area contributed by atoms with Crippen molar-refractivity contribution in [2.45, 2.75) is 51.1 Å². The van der Waals surface area contributed by atoms with Crippen LogP contribution in [-0.4, -0.2) is 23.4 Å². The lowest BCUT2D eigenvalue weighted by Gasteiger charge is -2.58. The minimum absolute atomic E-state index is 0.0176. The van der Waals surface area contributed by atoms with Crippen LogP contribution in [0.2, 0.25) is 0 Å². The van der Waals surface area contributed by atoms with E-state index in [1.807, 2.05) is 30.3 Å². The predicted molar refractivity (Wildman–Crippen MR) is 96.1 cm³/mol. The van der Waals surface area contributed by atoms with E-state index in [0.29, 0.717) is 6.54 Å². The van der Waals surface area contributed by atoms with E-state index in [-0.39, 0.29) is 17.9 Å². The summed E-state index contributed by atoms with van der Waals surface area (Å²) in [5.41, 5.74) is 7.63. The van der Waals surface area contributed by atoms with E-state index in [0.717, 1.165) is 42.6 Å². The summed E-state index contributed by atoms with van der Waals surface area (Å²) in [7, 11) is 0. The molecule has 2 N–H and O–H groups in total. The first-order valence-electron chi connectivity index (χ1n) is 9.55. The summed E-state index contributed by atoms with van der Waals surface area (Å²) in [6.07, 6.45) is 7.34. The third-order valence-electron chi connectivity index (χ3n) is 6.80. The van der Waals surface area contributed by atoms with Gasteiger partial charge in [0, 0.05) is 6.54 Å². The standard InChI is InChI=1S/C21H27N3O/c22-6-7-24(14-15-4-2-1-3-5-15)20(25)19(23)21-11-16-8-17(12-21)10-18(9-16)13-21/h1-5,16-19H,7-14,23H2/t16?,17?,18?,19-,21?/m1/s1. The average Bonchev–Trinajstić information content (AvgIpc) is 2.60. The first-order chi connectivity index (χ1) is 12.1. The van der Waals surface area contributed by atoms with Crippen molar-refractivity contribution in [2.75, 3.05) is 6.54 Å². The van der Waals surface area contributed by atoms with Crippen LogP contribution < -0.4 is 5.73 Å². The summed E-state index contributed by atoms with van der Waals surface area (Å²) in [4.78, 5) is 14.9. The molecule has 0 spiro atoms. The van der Waals surface area contributed by atoms with Crippen LogP contribution in [0.25, 0.3) is 0 Å². The third kappa shape index (κ3) is 3.06. The van der Waals surface area contributed by atoms with E-state index in [2.05, 4.69) is 6.07 Å². The fraction of sp³-hybridized carbons (Fsp3) is 0.619. The zero-order valence-corrected chi connectivity index (χ0v) is 14.7. The lowest BCUT2D eigenvalue weighted by atomic mass is 9.47. The smallest absolute Gasteiger partial charge is 0.241 e. The maximum atomic E-state index is 13.2. The molecule has 4 heteroatoms. The van der Waals surface area contributed by atoms with Gasteiger partial charge < -0.3 is 10.6 Å². The molecule has 1 aromatic carbocycles. The van der Waals surface area contributed by atoms with Crippen molar-refractivity contribution in [3.05, 3.63) is 35.9 Å². The molecule has 1 atom stereocenters. The monoisotopic (exact) mass is 337 g/mol. The highest BCUT2D eigenvalue weighted by Crippen LogP contribution is 2.61. The van der Waals surface area contributed by atoms with Crippen LogP contribution in [0, 0.1) is 34.5 Å². The number of nitrogens with zero attached hydrogens (tertiary/aromatic N) is 2. The SMILES string of the molecule is N#CCN(Cc1ccccc1)C(=O)[C@@H](N)C12CC3CC(CC(C3)C1)C2. The summed E-state index contributed by atoms with van der Waals surface area (Å²) >= 11 is 0. The molecule has 25 heavy (non-hydrogen) atoms. The summed E-state index contributed by atoms with van der Waals surface area (Å²) in [5, 5.41) is 9.19. The van der Waals surface area contributed by atoms with Gasteiger partial charge >= 0.3 is 0 Å². The third-order valence-corrected chi connectivity index (χ3v) is 6.80. The van der Waals surface area contributed by atoms with Crippen molar-refractivity contribution in [2.24, 2.45) is 28.9 Å². The molecule has 0 aliphatic heterocycles. The largest absolute Gasteiger partial charge is 0.324 e. The van der Waals surface area contributed by atoms with Crippen LogP contribution in [0.4, 0.5) is 0 Å². The van der Waals surface area contributed by atoms with Gasteiger partial charge in [0.05, 0.1) is 12.1 Å². The highest BCUT2D eigenvalue weighted by molar-refractivity contribution is 5.83. The van der Waals surface area contributed by atoms with E-state index < -0.39 is 6.04 Å². The topological polar surface area (TPSA) is 70.1 Å². The van der Waals surface area contributed by atoms with Crippen molar-refractivity contribution in [3.8, 4) is 6.07 Å². The van der Waals surface area contributed by atoms with Gasteiger partial charge in [0.2, 0.25) is 5.91 Å². The predicted octanol–water partition coefficient (Wildman–Crippen LogP) is 3.08. The number of nitrogens with two attached hydrogens (primary N) is 1. The molecular formula is C21H27N3O. The van der Waals surface area contributed by atoms with Crippen molar-refractivity contribution in [1.82, 2.24) is 4.90 Å². The van der Waals surface area contributed by atoms with Gasteiger partial charge in [-0.3, -0.25) is 4.79 Å². The Morgan fingerprint density at radius 2 is 1.72 bits per heavy atom. The van der Waals surface area contributed by atoms with Gasteiger partial charge in [-0.1, -0.05) is 30.3 Å². The lowest BCUT2D eigenvalue weighted by molar-refractivity contribution is -0.143. The summed E-state index contributed by atoms with van der Waals surface area (Å²) in [6, 6.07) is 11.6. The molecule has 4 bridgehead atoms. The van der Waals surface area contributed by atoms with E-state index in [1.54, 1.807) is 4.90 Å². The molecule has 1 aromatic rings. The van der Waals surface area contributed by atoms with Crippen LogP contribution in [0.3, 0.4) is 0 Å². The van der Waals surface area contributed by atoms with Gasteiger partial charge in [0.15, 0.2) is 0 Å². The Morgan fingerprint density at radius 3 is 2.24 bits per heavy atom. The van der Waals surface area contributed by atoms with E-state index >= 15 is 0 Å². The van der Waals surface area contributed by atoms with Gasteiger partial charge in [0.25, 0.3) is 0 Å². The number of amides is 1. The van der Waals surface area contributed by atoms with Crippen LogP contribution >= 0.6 is 0 Å². The Labute approximate surface area is 150 Å². The molecule has 0 heterocycles. The van der Waals surface area contributed by atoms with Crippen LogP contribution in [0.5, 0.6) is 0 Å². The van der Waals surface area contributed by atoms with E-state index in [9.17, 15) is 10.1 Å². The molecule has 4 nitrogen and oxygen atoms in total. The van der Waals surface area contributed by atoms with Gasteiger partial charge in [-0.25, -0.2) is 0 Å². The molecular weight excluding hydrogens is 310 g/mol. The first kappa shape index (κ1) is 16.6. The summed E-state index contributed by atoms with van der Waals surface area (Å²) in [6.45, 7) is 0.571. The van der Waals surface area contributed by atoms with Crippen molar-refractivity contribution >= 4 is 5.91 Å². The number of carbonyl (C=O) groups is 1. The Kier molecular flexibility index (Phi) is 4.29. The molecule has 4 aliphatic carbocycles. The number of rotatable bonds is 5. The van der Waals surface area contributed by atoms with E-state index in [1.165, 1.54) is 19.3 Å². The number of nitriles is 1. The molecule has 4 saturated carbocycles. The molecule has 4 aliphatic rings. The van der Waals surface area contributed by atoms with Crippen molar-refractivity contribution < 1.29 is 4.79 Å². The maximum Gasteiger partial charge on any atom is 0.241 e.